The Morgan fingerprint density at radius 1 is 1.05 bits per heavy atom. The zero-order chi connectivity index (χ0) is 28.9. The molecule has 2 aliphatic carbocycles. The van der Waals surface area contributed by atoms with Gasteiger partial charge < -0.3 is 15.3 Å². The summed E-state index contributed by atoms with van der Waals surface area (Å²) in [5.41, 5.74) is -1.64. The molecule has 2 fully saturated rings. The number of amides is 1. The summed E-state index contributed by atoms with van der Waals surface area (Å²) in [6.45, 7) is -0.464. The summed E-state index contributed by atoms with van der Waals surface area (Å²) in [6.07, 6.45) is 1.95. The van der Waals surface area contributed by atoms with E-state index in [0.29, 0.717) is 30.7 Å². The molecule has 0 saturated heterocycles. The second kappa shape index (κ2) is 10.4. The second-order valence-corrected chi connectivity index (χ2v) is 14.2. The average molecular weight is 591 g/mol. The van der Waals surface area contributed by atoms with E-state index in [1.807, 2.05) is 0 Å². The van der Waals surface area contributed by atoms with Crippen molar-refractivity contribution in [2.75, 3.05) is 37.2 Å². The van der Waals surface area contributed by atoms with Crippen molar-refractivity contribution in [3.63, 3.8) is 0 Å². The molecule has 0 heterocycles. The first-order valence-corrected chi connectivity index (χ1v) is 15.4. The summed E-state index contributed by atoms with van der Waals surface area (Å²) in [4.78, 5) is 14.3. The fourth-order valence-corrected chi connectivity index (χ4v) is 8.75. The van der Waals surface area contributed by atoms with Crippen LogP contribution in [0.5, 0.6) is 0 Å². The van der Waals surface area contributed by atoms with Crippen LogP contribution in [-0.4, -0.2) is 65.7 Å². The van der Waals surface area contributed by atoms with Gasteiger partial charge in [0.25, 0.3) is 16.0 Å². The lowest BCUT2D eigenvalue weighted by Gasteiger charge is -2.40. The Bertz CT molecular complexity index is 1480. The standard InChI is InChI=1S/C25H29F3N2O7S2/c1-30(2)20-7-6-14(24(31)29-17-9-18(26)22(28)19(27)10-17)8-21(20)39(35,36)23-15-4-5-16(23)12-25(32,11-15)13-37-38(3,33)34/h6-10,15-16,23,32H,4-5,11-13H2,1-3H3,(H,29,31)/t15-,16?,23?,25?/m0/s1. The molecule has 4 atom stereocenters. The maximum Gasteiger partial charge on any atom is 0.264 e. The predicted molar refractivity (Wildman–Crippen MR) is 137 cm³/mol. The van der Waals surface area contributed by atoms with E-state index in [-0.39, 0.29) is 29.0 Å². The number of hydrogen-bond donors (Lipinski definition) is 2. The molecule has 2 aliphatic rings. The molecular formula is C25H29F3N2O7S2. The third-order valence-electron chi connectivity index (χ3n) is 7.27. The molecule has 3 unspecified atom stereocenters. The molecule has 2 saturated carbocycles. The van der Waals surface area contributed by atoms with Crippen molar-refractivity contribution in [1.29, 1.82) is 0 Å². The Labute approximate surface area is 225 Å². The molecule has 0 spiro atoms. The molecule has 2 N–H and O–H groups in total. The van der Waals surface area contributed by atoms with E-state index in [9.17, 15) is 39.9 Å². The Morgan fingerprint density at radius 2 is 1.62 bits per heavy atom. The van der Waals surface area contributed by atoms with Gasteiger partial charge in [0.15, 0.2) is 27.3 Å². The third kappa shape index (κ3) is 6.08. The van der Waals surface area contributed by atoms with Crippen molar-refractivity contribution in [1.82, 2.24) is 0 Å². The highest BCUT2D eigenvalue weighted by molar-refractivity contribution is 7.92. The smallest absolute Gasteiger partial charge is 0.264 e. The van der Waals surface area contributed by atoms with E-state index in [4.69, 9.17) is 4.18 Å². The number of nitrogens with one attached hydrogen (secondary N) is 1. The minimum atomic E-state index is -4.08. The van der Waals surface area contributed by atoms with Gasteiger partial charge in [-0.05, 0) is 55.7 Å². The monoisotopic (exact) mass is 590 g/mol. The van der Waals surface area contributed by atoms with Gasteiger partial charge in [-0.2, -0.15) is 8.42 Å². The Morgan fingerprint density at radius 3 is 2.13 bits per heavy atom. The summed E-state index contributed by atoms with van der Waals surface area (Å²) in [5.74, 6) is -6.48. The van der Waals surface area contributed by atoms with Gasteiger partial charge in [0.2, 0.25) is 0 Å². The van der Waals surface area contributed by atoms with Gasteiger partial charge in [0.1, 0.15) is 0 Å². The molecule has 9 nitrogen and oxygen atoms in total. The van der Waals surface area contributed by atoms with Gasteiger partial charge in [0, 0.05) is 37.5 Å². The first-order valence-electron chi connectivity index (χ1n) is 12.1. The molecule has 39 heavy (non-hydrogen) atoms. The average Bonchev–Trinajstić information content (AvgIpc) is 3.13. The van der Waals surface area contributed by atoms with Crippen LogP contribution in [0.2, 0.25) is 0 Å². The number of halogens is 3. The first-order chi connectivity index (χ1) is 18.0. The molecule has 0 radical (unpaired) electrons. The van der Waals surface area contributed by atoms with Gasteiger partial charge in [-0.3, -0.25) is 8.98 Å². The van der Waals surface area contributed by atoms with Crippen LogP contribution in [0.4, 0.5) is 24.5 Å². The molecule has 1 amide bonds. The quantitative estimate of drug-likeness (QED) is 0.355. The fourth-order valence-electron chi connectivity index (χ4n) is 5.71. The molecule has 214 valence electrons. The number of rotatable bonds is 8. The van der Waals surface area contributed by atoms with Crippen molar-refractivity contribution >= 4 is 37.2 Å². The Hall–Kier alpha value is -2.68. The lowest BCUT2D eigenvalue weighted by atomic mass is 9.77. The van der Waals surface area contributed by atoms with Crippen LogP contribution in [0, 0.1) is 29.3 Å². The number of carbonyl (C=O) groups is 1. The number of fused-ring (bicyclic) bond motifs is 2. The number of aliphatic hydroxyl groups is 1. The highest BCUT2D eigenvalue weighted by Crippen LogP contribution is 2.51. The van der Waals surface area contributed by atoms with Crippen molar-refractivity contribution < 1.29 is 44.1 Å². The van der Waals surface area contributed by atoms with Gasteiger partial charge in [-0.1, -0.05) is 0 Å². The van der Waals surface area contributed by atoms with Gasteiger partial charge in [-0.15, -0.1) is 0 Å². The number of anilines is 2. The minimum Gasteiger partial charge on any atom is -0.387 e. The van der Waals surface area contributed by atoms with Crippen molar-refractivity contribution in [3.8, 4) is 0 Å². The largest absolute Gasteiger partial charge is 0.387 e. The summed E-state index contributed by atoms with van der Waals surface area (Å²) in [5, 5.41) is 12.4. The summed E-state index contributed by atoms with van der Waals surface area (Å²) in [7, 11) is -4.61. The molecule has 2 bridgehead atoms. The Balaban J connectivity index is 1.65. The molecule has 0 aromatic heterocycles. The van der Waals surface area contributed by atoms with Crippen LogP contribution >= 0.6 is 0 Å². The van der Waals surface area contributed by atoms with Crippen molar-refractivity contribution in [3.05, 3.63) is 53.3 Å². The lowest BCUT2D eigenvalue weighted by molar-refractivity contribution is -0.0507. The van der Waals surface area contributed by atoms with Crippen LogP contribution in [0.15, 0.2) is 35.2 Å². The lowest BCUT2D eigenvalue weighted by Crippen LogP contribution is -2.48. The maximum atomic E-state index is 14.1. The van der Waals surface area contributed by atoms with Gasteiger partial charge in [-0.25, -0.2) is 21.6 Å². The van der Waals surface area contributed by atoms with Crippen LogP contribution in [0.1, 0.15) is 36.0 Å². The van der Waals surface area contributed by atoms with Gasteiger partial charge in [0.05, 0.1) is 34.3 Å². The summed E-state index contributed by atoms with van der Waals surface area (Å²) in [6, 6.07) is 5.20. The molecule has 2 aromatic rings. The van der Waals surface area contributed by atoms with E-state index >= 15 is 0 Å². The number of hydrogen-bond acceptors (Lipinski definition) is 8. The van der Waals surface area contributed by atoms with E-state index in [1.165, 1.54) is 18.2 Å². The van der Waals surface area contributed by atoms with Gasteiger partial charge >= 0.3 is 0 Å². The number of sulfone groups is 1. The normalized spacial score (nSPS) is 24.9. The molecular weight excluding hydrogens is 561 g/mol. The Kier molecular flexibility index (Phi) is 7.80. The van der Waals surface area contributed by atoms with E-state index in [1.54, 1.807) is 19.0 Å². The van der Waals surface area contributed by atoms with E-state index in [0.717, 1.165) is 6.26 Å². The second-order valence-electron chi connectivity index (χ2n) is 10.5. The molecule has 0 aliphatic heterocycles. The SMILES string of the molecule is CN(C)c1ccc(C(=O)Nc2cc(F)c(F)c(F)c2)cc1S(=O)(=O)C1C2CC[C@H]1CC(O)(COS(C)(=O)=O)C2. The molecule has 14 heteroatoms. The molecule has 4 rings (SSSR count). The zero-order valence-corrected chi connectivity index (χ0v) is 23.1. The zero-order valence-electron chi connectivity index (χ0n) is 21.4. The predicted octanol–water partition coefficient (Wildman–Crippen LogP) is 3.09. The first kappa shape index (κ1) is 29.3. The van der Waals surface area contributed by atoms with Crippen molar-refractivity contribution in [2.45, 2.75) is 41.4 Å². The van der Waals surface area contributed by atoms with Crippen LogP contribution < -0.4 is 10.2 Å². The number of benzene rings is 2. The minimum absolute atomic E-state index is 0.0298. The van der Waals surface area contributed by atoms with E-state index in [2.05, 4.69) is 5.32 Å². The topological polar surface area (TPSA) is 130 Å². The maximum absolute atomic E-state index is 14.1. The van der Waals surface area contributed by atoms with Crippen LogP contribution in [-0.2, 0) is 24.1 Å². The van der Waals surface area contributed by atoms with Crippen LogP contribution in [0.3, 0.4) is 0 Å². The summed E-state index contributed by atoms with van der Waals surface area (Å²) >= 11 is 0. The third-order valence-corrected chi connectivity index (χ3v) is 10.2. The molecule has 2 aromatic carbocycles. The number of nitrogens with zero attached hydrogens (tertiary/aromatic N) is 1. The summed E-state index contributed by atoms with van der Waals surface area (Å²) < 4.78 is 96.3. The number of carbonyl (C=O) groups excluding carboxylic acids is 1. The van der Waals surface area contributed by atoms with Crippen LogP contribution in [0.25, 0.3) is 0 Å². The fraction of sp³-hybridized carbons (Fsp3) is 0.480. The van der Waals surface area contributed by atoms with E-state index < -0.39 is 72.6 Å². The van der Waals surface area contributed by atoms with Crippen molar-refractivity contribution in [2.24, 2.45) is 11.8 Å². The highest BCUT2D eigenvalue weighted by Gasteiger charge is 2.54. The highest BCUT2D eigenvalue weighted by atomic mass is 32.2.